The van der Waals surface area contributed by atoms with Crippen LogP contribution in [0.4, 0.5) is 5.69 Å². The van der Waals surface area contributed by atoms with Gasteiger partial charge in [-0.2, -0.15) is 0 Å². The standard InChI is InChI=1S/C28H36ClN3O3/c1-18(28(2,3)4)30-17-19-11-13-24(29)22(15-19)26(33)32-21-12-14-25(35-5)23(16-21)27(34)31-20-9-7-6-8-10-20/h11-16,20,30H,1,6-10,17H2,2-5H3,(H,31,34)(H,32,33). The summed E-state index contributed by atoms with van der Waals surface area (Å²) < 4.78 is 5.40. The molecular formula is C28H36ClN3O3. The number of hydrogen-bond donors (Lipinski definition) is 3. The molecule has 1 fully saturated rings. The SMILES string of the molecule is C=C(NCc1ccc(Cl)c(C(=O)Nc2ccc(OC)c(C(=O)NC3CCCCC3)c2)c1)C(C)(C)C. The van der Waals surface area contributed by atoms with E-state index in [2.05, 4.69) is 43.3 Å². The van der Waals surface area contributed by atoms with E-state index in [0.717, 1.165) is 36.9 Å². The second kappa shape index (κ2) is 11.6. The Morgan fingerprint density at radius 2 is 1.74 bits per heavy atom. The lowest BCUT2D eigenvalue weighted by Gasteiger charge is -2.23. The average molecular weight is 498 g/mol. The molecule has 2 aromatic rings. The van der Waals surface area contributed by atoms with Crippen LogP contribution in [0.3, 0.4) is 0 Å². The molecule has 1 aliphatic carbocycles. The van der Waals surface area contributed by atoms with E-state index in [1.54, 1.807) is 30.3 Å². The van der Waals surface area contributed by atoms with Crippen LogP contribution in [0.1, 0.15) is 79.2 Å². The predicted molar refractivity (Wildman–Crippen MR) is 142 cm³/mol. The van der Waals surface area contributed by atoms with Gasteiger partial charge < -0.3 is 20.7 Å². The minimum absolute atomic E-state index is 0.0675. The van der Waals surface area contributed by atoms with Crippen LogP contribution in [0.2, 0.25) is 5.02 Å². The summed E-state index contributed by atoms with van der Waals surface area (Å²) in [4.78, 5) is 26.0. The monoisotopic (exact) mass is 497 g/mol. The second-order valence-electron chi connectivity index (χ2n) is 10.1. The molecule has 35 heavy (non-hydrogen) atoms. The predicted octanol–water partition coefficient (Wildman–Crippen LogP) is 6.31. The second-order valence-corrected chi connectivity index (χ2v) is 10.5. The van der Waals surface area contributed by atoms with Crippen molar-refractivity contribution in [3.8, 4) is 5.75 Å². The smallest absolute Gasteiger partial charge is 0.257 e. The van der Waals surface area contributed by atoms with Crippen LogP contribution in [0, 0.1) is 5.41 Å². The molecule has 0 unspecified atom stereocenters. The minimum atomic E-state index is -0.352. The summed E-state index contributed by atoms with van der Waals surface area (Å²) in [7, 11) is 1.53. The molecule has 0 radical (unpaired) electrons. The van der Waals surface area contributed by atoms with E-state index in [9.17, 15) is 9.59 Å². The zero-order chi connectivity index (χ0) is 25.6. The molecule has 188 valence electrons. The van der Waals surface area contributed by atoms with Crippen molar-refractivity contribution >= 4 is 29.1 Å². The molecule has 1 aliphatic rings. The number of amides is 2. The molecule has 0 spiro atoms. The fourth-order valence-electron chi connectivity index (χ4n) is 4.00. The molecular weight excluding hydrogens is 462 g/mol. The Balaban J connectivity index is 1.73. The number of benzene rings is 2. The van der Waals surface area contributed by atoms with Crippen molar-refractivity contribution in [1.29, 1.82) is 0 Å². The van der Waals surface area contributed by atoms with Gasteiger partial charge in [0.05, 0.1) is 23.3 Å². The van der Waals surface area contributed by atoms with Gasteiger partial charge in [-0.3, -0.25) is 9.59 Å². The van der Waals surface area contributed by atoms with E-state index in [4.69, 9.17) is 16.3 Å². The third-order valence-electron chi connectivity index (χ3n) is 6.33. The molecule has 0 heterocycles. The highest BCUT2D eigenvalue weighted by atomic mass is 35.5. The Kier molecular flexibility index (Phi) is 8.84. The first kappa shape index (κ1) is 26.6. The summed E-state index contributed by atoms with van der Waals surface area (Å²) >= 11 is 6.35. The third kappa shape index (κ3) is 7.25. The summed E-state index contributed by atoms with van der Waals surface area (Å²) in [6.07, 6.45) is 5.42. The molecule has 0 bridgehead atoms. The fourth-order valence-corrected chi connectivity index (χ4v) is 4.21. The quantitative estimate of drug-likeness (QED) is 0.399. The van der Waals surface area contributed by atoms with E-state index in [1.165, 1.54) is 13.5 Å². The van der Waals surface area contributed by atoms with Gasteiger partial charge in [-0.25, -0.2) is 0 Å². The lowest BCUT2D eigenvalue weighted by Crippen LogP contribution is -2.36. The van der Waals surface area contributed by atoms with E-state index in [1.807, 2.05) is 6.07 Å². The third-order valence-corrected chi connectivity index (χ3v) is 6.66. The lowest BCUT2D eigenvalue weighted by atomic mass is 9.93. The highest BCUT2D eigenvalue weighted by Crippen LogP contribution is 2.26. The van der Waals surface area contributed by atoms with Gasteiger partial charge in [-0.15, -0.1) is 0 Å². The first-order valence-corrected chi connectivity index (χ1v) is 12.5. The number of anilines is 1. The number of carbonyl (C=O) groups excluding carboxylic acids is 2. The molecule has 0 aliphatic heterocycles. The van der Waals surface area contributed by atoms with Crippen LogP contribution in [0.5, 0.6) is 5.75 Å². The van der Waals surface area contributed by atoms with E-state index in [-0.39, 0.29) is 23.3 Å². The normalized spacial score (nSPS) is 14.2. The van der Waals surface area contributed by atoms with Crippen molar-refractivity contribution in [3.05, 3.63) is 70.4 Å². The van der Waals surface area contributed by atoms with Crippen LogP contribution < -0.4 is 20.7 Å². The van der Waals surface area contributed by atoms with Crippen LogP contribution in [0.25, 0.3) is 0 Å². The molecule has 7 heteroatoms. The maximum atomic E-state index is 13.1. The summed E-state index contributed by atoms with van der Waals surface area (Å²) in [5.41, 5.74) is 2.99. The zero-order valence-electron chi connectivity index (χ0n) is 21.1. The Labute approximate surface area is 213 Å². The molecule has 0 atom stereocenters. The number of rotatable bonds is 8. The van der Waals surface area contributed by atoms with Crippen LogP contribution in [-0.4, -0.2) is 25.0 Å². The minimum Gasteiger partial charge on any atom is -0.496 e. The van der Waals surface area contributed by atoms with Crippen molar-refractivity contribution in [1.82, 2.24) is 10.6 Å². The molecule has 1 saturated carbocycles. The Morgan fingerprint density at radius 3 is 2.40 bits per heavy atom. The number of halogens is 1. The van der Waals surface area contributed by atoms with Gasteiger partial charge in [-0.1, -0.05) is 64.3 Å². The molecule has 0 aromatic heterocycles. The summed E-state index contributed by atoms with van der Waals surface area (Å²) in [6.45, 7) is 10.9. The Bertz CT molecular complexity index is 1090. The topological polar surface area (TPSA) is 79.5 Å². The number of nitrogens with one attached hydrogen (secondary N) is 3. The average Bonchev–Trinajstić information content (AvgIpc) is 2.83. The zero-order valence-corrected chi connectivity index (χ0v) is 21.8. The number of hydrogen-bond acceptors (Lipinski definition) is 4. The number of ether oxygens (including phenoxy) is 1. The Morgan fingerprint density at radius 1 is 1.03 bits per heavy atom. The lowest BCUT2D eigenvalue weighted by molar-refractivity contribution is 0.0923. The van der Waals surface area contributed by atoms with Crippen LogP contribution >= 0.6 is 11.6 Å². The van der Waals surface area contributed by atoms with Crippen LogP contribution in [-0.2, 0) is 6.54 Å². The molecule has 2 amide bonds. The number of methoxy groups -OCH3 is 1. The van der Waals surface area contributed by atoms with E-state index >= 15 is 0 Å². The number of allylic oxidation sites excluding steroid dienone is 1. The molecule has 3 N–H and O–H groups in total. The van der Waals surface area contributed by atoms with Gasteiger partial charge in [0, 0.05) is 29.4 Å². The van der Waals surface area contributed by atoms with Gasteiger partial charge in [0.1, 0.15) is 5.75 Å². The molecule has 2 aromatic carbocycles. The maximum absolute atomic E-state index is 13.1. The highest BCUT2D eigenvalue weighted by molar-refractivity contribution is 6.34. The van der Waals surface area contributed by atoms with Crippen molar-refractivity contribution in [2.24, 2.45) is 5.41 Å². The van der Waals surface area contributed by atoms with Gasteiger partial charge in [-0.05, 0) is 48.7 Å². The van der Waals surface area contributed by atoms with Gasteiger partial charge in [0.25, 0.3) is 11.8 Å². The first-order valence-electron chi connectivity index (χ1n) is 12.1. The van der Waals surface area contributed by atoms with E-state index < -0.39 is 0 Å². The van der Waals surface area contributed by atoms with Crippen molar-refractivity contribution in [2.75, 3.05) is 12.4 Å². The maximum Gasteiger partial charge on any atom is 0.257 e. The van der Waals surface area contributed by atoms with Gasteiger partial charge in [0.2, 0.25) is 0 Å². The van der Waals surface area contributed by atoms with Crippen molar-refractivity contribution < 1.29 is 14.3 Å². The summed E-state index contributed by atoms with van der Waals surface area (Å²) in [5, 5.41) is 9.64. The van der Waals surface area contributed by atoms with Crippen molar-refractivity contribution in [3.63, 3.8) is 0 Å². The summed E-state index contributed by atoms with van der Waals surface area (Å²) in [5.74, 6) is -0.0909. The first-order chi connectivity index (χ1) is 16.6. The van der Waals surface area contributed by atoms with Crippen LogP contribution in [0.15, 0.2) is 48.7 Å². The molecule has 0 saturated heterocycles. The summed E-state index contributed by atoms with van der Waals surface area (Å²) in [6, 6.07) is 10.6. The van der Waals surface area contributed by atoms with Gasteiger partial charge in [0.15, 0.2) is 0 Å². The molecule has 3 rings (SSSR count). The number of carbonyl (C=O) groups is 2. The Hall–Kier alpha value is -2.99. The van der Waals surface area contributed by atoms with Crippen molar-refractivity contribution in [2.45, 2.75) is 65.5 Å². The fraction of sp³-hybridized carbons (Fsp3) is 0.429. The highest BCUT2D eigenvalue weighted by Gasteiger charge is 2.21. The largest absolute Gasteiger partial charge is 0.496 e. The van der Waals surface area contributed by atoms with Gasteiger partial charge >= 0.3 is 0 Å². The van der Waals surface area contributed by atoms with E-state index in [0.29, 0.717) is 34.1 Å². The molecule has 6 nitrogen and oxygen atoms in total.